The number of nitrogens with zero attached hydrogens (tertiary/aromatic N) is 1. The minimum atomic E-state index is 0.311. The second-order valence-electron chi connectivity index (χ2n) is 4.69. The molecule has 3 aromatic carbocycles. The molecule has 0 fully saturated rings. The molecule has 0 atom stereocenters. The number of aromatic hydroxyl groups is 1. The van der Waals surface area contributed by atoms with E-state index in [-0.39, 0.29) is 0 Å². The van der Waals surface area contributed by atoms with Crippen LogP contribution in [0.1, 0.15) is 0 Å². The first-order valence-corrected chi connectivity index (χ1v) is 6.23. The Morgan fingerprint density at radius 2 is 1.42 bits per heavy atom. The molecule has 1 heterocycles. The van der Waals surface area contributed by atoms with Crippen molar-refractivity contribution >= 4 is 32.6 Å². The first kappa shape index (κ1) is 10.3. The van der Waals surface area contributed by atoms with Gasteiger partial charge >= 0.3 is 0 Å². The van der Waals surface area contributed by atoms with Crippen LogP contribution in [0.15, 0.2) is 60.7 Å². The van der Waals surface area contributed by atoms with Crippen molar-refractivity contribution in [3.8, 4) is 5.75 Å². The Kier molecular flexibility index (Phi) is 2.00. The first-order valence-electron chi connectivity index (χ1n) is 6.23. The average Bonchev–Trinajstić information content (AvgIpc) is 2.46. The van der Waals surface area contributed by atoms with Gasteiger partial charge in [0.1, 0.15) is 5.75 Å². The van der Waals surface area contributed by atoms with E-state index in [1.807, 2.05) is 60.7 Å². The molecule has 2 nitrogen and oxygen atoms in total. The van der Waals surface area contributed by atoms with Gasteiger partial charge in [0.2, 0.25) is 0 Å². The van der Waals surface area contributed by atoms with Crippen molar-refractivity contribution < 1.29 is 5.11 Å². The average molecular weight is 245 g/mol. The fourth-order valence-corrected chi connectivity index (χ4v) is 2.56. The van der Waals surface area contributed by atoms with E-state index in [4.69, 9.17) is 0 Å². The van der Waals surface area contributed by atoms with Crippen LogP contribution in [0.25, 0.3) is 32.6 Å². The molecular formula is C17H11NO. The lowest BCUT2D eigenvalue weighted by Crippen LogP contribution is -1.84. The van der Waals surface area contributed by atoms with Gasteiger partial charge in [0.15, 0.2) is 0 Å². The molecule has 2 heteroatoms. The van der Waals surface area contributed by atoms with Gasteiger partial charge in [-0.3, -0.25) is 0 Å². The first-order chi connectivity index (χ1) is 9.33. The number of benzene rings is 3. The van der Waals surface area contributed by atoms with E-state index in [1.165, 1.54) is 0 Å². The fourth-order valence-electron chi connectivity index (χ4n) is 2.56. The lowest BCUT2D eigenvalue weighted by Gasteiger charge is -2.07. The van der Waals surface area contributed by atoms with Gasteiger partial charge in [-0.1, -0.05) is 42.5 Å². The number of hydrogen-bond acceptors (Lipinski definition) is 2. The Labute approximate surface area is 109 Å². The van der Waals surface area contributed by atoms with Crippen molar-refractivity contribution in [3.63, 3.8) is 0 Å². The van der Waals surface area contributed by atoms with Crippen LogP contribution in [-0.2, 0) is 0 Å². The molecule has 1 N–H and O–H groups in total. The molecule has 0 unspecified atom stereocenters. The van der Waals surface area contributed by atoms with Gasteiger partial charge < -0.3 is 5.11 Å². The number of phenolic OH excluding ortho intramolecular Hbond substituents is 1. The molecule has 0 spiro atoms. The van der Waals surface area contributed by atoms with Gasteiger partial charge in [0, 0.05) is 16.2 Å². The Bertz CT molecular complexity index is 923. The Balaban J connectivity index is 2.25. The summed E-state index contributed by atoms with van der Waals surface area (Å²) in [6.07, 6.45) is 0. The van der Waals surface area contributed by atoms with Crippen LogP contribution in [0.5, 0.6) is 5.75 Å². The molecule has 4 aromatic rings. The number of phenols is 1. The van der Waals surface area contributed by atoms with E-state index in [2.05, 4.69) is 4.98 Å². The maximum Gasteiger partial charge on any atom is 0.132 e. The van der Waals surface area contributed by atoms with Crippen molar-refractivity contribution in [1.82, 2.24) is 4.98 Å². The van der Waals surface area contributed by atoms with Crippen molar-refractivity contribution in [2.75, 3.05) is 0 Å². The molecule has 0 radical (unpaired) electrons. The van der Waals surface area contributed by atoms with Crippen LogP contribution in [0.3, 0.4) is 0 Å². The van der Waals surface area contributed by atoms with Gasteiger partial charge in [-0.25, -0.2) is 4.98 Å². The monoisotopic (exact) mass is 245 g/mol. The molecule has 0 bridgehead atoms. The summed E-state index contributed by atoms with van der Waals surface area (Å²) in [5.41, 5.74) is 1.78. The van der Waals surface area contributed by atoms with Crippen molar-refractivity contribution in [1.29, 1.82) is 0 Å². The standard InChI is InChI=1S/C17H11NO/c19-17-13-7-3-1-5-11(13)10-16-14(17)9-12-6-2-4-8-15(12)18-16/h1-10,19H. The lowest BCUT2D eigenvalue weighted by atomic mass is 10.0. The van der Waals surface area contributed by atoms with Crippen molar-refractivity contribution in [3.05, 3.63) is 60.7 Å². The molecule has 0 aliphatic rings. The van der Waals surface area contributed by atoms with E-state index in [9.17, 15) is 5.11 Å². The van der Waals surface area contributed by atoms with Crippen molar-refractivity contribution in [2.24, 2.45) is 0 Å². The number of fused-ring (bicyclic) bond motifs is 3. The summed E-state index contributed by atoms with van der Waals surface area (Å²) in [4.78, 5) is 4.63. The Morgan fingerprint density at radius 3 is 2.32 bits per heavy atom. The number of para-hydroxylation sites is 1. The fraction of sp³-hybridized carbons (Fsp3) is 0. The molecule has 0 saturated carbocycles. The summed E-state index contributed by atoms with van der Waals surface area (Å²) in [6, 6.07) is 19.8. The minimum Gasteiger partial charge on any atom is -0.507 e. The number of pyridine rings is 1. The highest BCUT2D eigenvalue weighted by molar-refractivity contribution is 6.06. The Hall–Kier alpha value is -2.61. The number of rotatable bonds is 0. The molecule has 90 valence electrons. The highest BCUT2D eigenvalue weighted by atomic mass is 16.3. The smallest absolute Gasteiger partial charge is 0.132 e. The van der Waals surface area contributed by atoms with Gasteiger partial charge in [0.25, 0.3) is 0 Å². The van der Waals surface area contributed by atoms with Crippen molar-refractivity contribution in [2.45, 2.75) is 0 Å². The summed E-state index contributed by atoms with van der Waals surface area (Å²) >= 11 is 0. The number of hydrogen-bond donors (Lipinski definition) is 1. The largest absolute Gasteiger partial charge is 0.507 e. The summed E-state index contributed by atoms with van der Waals surface area (Å²) in [5, 5.41) is 14.2. The zero-order valence-corrected chi connectivity index (χ0v) is 10.2. The molecule has 19 heavy (non-hydrogen) atoms. The van der Waals surface area contributed by atoms with Crippen LogP contribution < -0.4 is 0 Å². The maximum atomic E-state index is 10.4. The van der Waals surface area contributed by atoms with Gasteiger partial charge in [-0.2, -0.15) is 0 Å². The van der Waals surface area contributed by atoms with E-state index in [1.54, 1.807) is 0 Å². The van der Waals surface area contributed by atoms with E-state index in [0.29, 0.717) is 5.75 Å². The Morgan fingerprint density at radius 1 is 0.684 bits per heavy atom. The van der Waals surface area contributed by atoms with Gasteiger partial charge in [-0.05, 0) is 23.6 Å². The van der Waals surface area contributed by atoms with Crippen LogP contribution >= 0.6 is 0 Å². The molecule has 0 aliphatic heterocycles. The quantitative estimate of drug-likeness (QED) is 0.470. The summed E-state index contributed by atoms with van der Waals surface area (Å²) in [5.74, 6) is 0.311. The maximum absolute atomic E-state index is 10.4. The third kappa shape index (κ3) is 1.47. The molecule has 0 saturated heterocycles. The van der Waals surface area contributed by atoms with Gasteiger partial charge in [0.05, 0.1) is 11.0 Å². The predicted octanol–water partition coefficient (Wildman–Crippen LogP) is 4.25. The minimum absolute atomic E-state index is 0.311. The molecule has 1 aromatic heterocycles. The molecule has 0 amide bonds. The third-order valence-electron chi connectivity index (χ3n) is 3.52. The van der Waals surface area contributed by atoms with E-state index >= 15 is 0 Å². The molecule has 4 rings (SSSR count). The third-order valence-corrected chi connectivity index (χ3v) is 3.52. The number of aromatic nitrogens is 1. The topological polar surface area (TPSA) is 33.1 Å². The van der Waals surface area contributed by atoms with E-state index in [0.717, 1.165) is 32.6 Å². The zero-order chi connectivity index (χ0) is 12.8. The summed E-state index contributed by atoms with van der Waals surface area (Å²) in [7, 11) is 0. The normalized spacial score (nSPS) is 11.4. The summed E-state index contributed by atoms with van der Waals surface area (Å²) in [6.45, 7) is 0. The second-order valence-corrected chi connectivity index (χ2v) is 4.69. The van der Waals surface area contributed by atoms with Crippen LogP contribution in [0.4, 0.5) is 0 Å². The second kappa shape index (κ2) is 3.69. The van der Waals surface area contributed by atoms with Crippen LogP contribution in [-0.4, -0.2) is 10.1 Å². The predicted molar refractivity (Wildman–Crippen MR) is 78.4 cm³/mol. The van der Waals surface area contributed by atoms with Crippen LogP contribution in [0, 0.1) is 0 Å². The zero-order valence-electron chi connectivity index (χ0n) is 10.2. The van der Waals surface area contributed by atoms with Gasteiger partial charge in [-0.15, -0.1) is 0 Å². The van der Waals surface area contributed by atoms with E-state index < -0.39 is 0 Å². The van der Waals surface area contributed by atoms with Crippen LogP contribution in [0.2, 0.25) is 0 Å². The highest BCUT2D eigenvalue weighted by Gasteiger charge is 2.08. The lowest BCUT2D eigenvalue weighted by molar-refractivity contribution is 0.488. The highest BCUT2D eigenvalue weighted by Crippen LogP contribution is 2.34. The molecular weight excluding hydrogens is 234 g/mol. The SMILES string of the molecule is Oc1c2ccccc2cc2nc3ccccc3cc12. The molecule has 0 aliphatic carbocycles. The summed E-state index contributed by atoms with van der Waals surface area (Å²) < 4.78 is 0.